The van der Waals surface area contributed by atoms with Crippen molar-refractivity contribution in [1.29, 1.82) is 0 Å². The normalized spacial score (nSPS) is 11.8. The summed E-state index contributed by atoms with van der Waals surface area (Å²) in [4.78, 5) is 4.75. The third kappa shape index (κ3) is 5.36. The Hall–Kier alpha value is -6.46. The molecule has 0 N–H and O–H groups in total. The third-order valence-electron chi connectivity index (χ3n) is 11.2. The van der Waals surface area contributed by atoms with E-state index in [0.29, 0.717) is 0 Å². The van der Waals surface area contributed by atoms with Crippen molar-refractivity contribution in [2.75, 3.05) is 9.80 Å². The summed E-state index contributed by atoms with van der Waals surface area (Å²) in [6.07, 6.45) is 0. The van der Waals surface area contributed by atoms with Gasteiger partial charge in [-0.1, -0.05) is 84.9 Å². The van der Waals surface area contributed by atoms with Crippen LogP contribution in [0.2, 0.25) is 0 Å². The van der Waals surface area contributed by atoms with Crippen molar-refractivity contribution in [3.05, 3.63) is 193 Å². The number of anilines is 6. The summed E-state index contributed by atoms with van der Waals surface area (Å²) in [6.45, 7) is 4.38. The second-order valence-corrected chi connectivity index (χ2v) is 16.9. The van der Waals surface area contributed by atoms with Crippen molar-refractivity contribution < 1.29 is 0 Å². The van der Waals surface area contributed by atoms with Crippen LogP contribution in [0.5, 0.6) is 0 Å². The lowest BCUT2D eigenvalue weighted by Crippen LogP contribution is -2.11. The summed E-state index contributed by atoms with van der Waals surface area (Å²) < 4.78 is 5.31. The molecule has 0 atom stereocenters. The van der Waals surface area contributed by atoms with Crippen LogP contribution in [-0.2, 0) is 0 Å². The fourth-order valence-corrected chi connectivity index (χ4v) is 10.8. The molecule has 2 heterocycles. The van der Waals surface area contributed by atoms with Gasteiger partial charge in [0.1, 0.15) is 0 Å². The van der Waals surface area contributed by atoms with Gasteiger partial charge in [0, 0.05) is 74.5 Å². The zero-order chi connectivity index (χ0) is 37.3. The highest BCUT2D eigenvalue weighted by molar-refractivity contribution is 7.28. The van der Waals surface area contributed by atoms with Crippen molar-refractivity contribution in [3.63, 3.8) is 0 Å². The standard InChI is InChI=1S/C52H36N2S2/c1-33-13-9-11-19-45(33)53(39-15-5-3-6-16-39)41-23-21-35-29-43-49(31-37(35)27-41)55-47-25-26-48-52(51(43)47)44-30-36-22-24-42(28-38(36)32-50(44)56-48)54(40-17-7-4-8-18-40)46-20-12-10-14-34(46)2/h3-32H,1-2H3. The molecule has 0 aliphatic rings. The van der Waals surface area contributed by atoms with E-state index in [1.807, 2.05) is 22.7 Å². The van der Waals surface area contributed by atoms with E-state index in [4.69, 9.17) is 0 Å². The number of hydrogen-bond donors (Lipinski definition) is 0. The van der Waals surface area contributed by atoms with Crippen LogP contribution in [0.3, 0.4) is 0 Å². The molecule has 11 aromatic rings. The van der Waals surface area contributed by atoms with Crippen molar-refractivity contribution in [2.45, 2.75) is 13.8 Å². The second kappa shape index (κ2) is 13.1. The van der Waals surface area contributed by atoms with Crippen molar-refractivity contribution in [1.82, 2.24) is 0 Å². The first-order chi connectivity index (χ1) is 27.6. The summed E-state index contributed by atoms with van der Waals surface area (Å²) >= 11 is 3.81. The number of hydrogen-bond acceptors (Lipinski definition) is 4. The fourth-order valence-electron chi connectivity index (χ4n) is 8.51. The van der Waals surface area contributed by atoms with Gasteiger partial charge in [0.05, 0.1) is 0 Å². The van der Waals surface area contributed by atoms with Gasteiger partial charge in [-0.2, -0.15) is 0 Å². The fraction of sp³-hybridized carbons (Fsp3) is 0.0385. The quantitative estimate of drug-likeness (QED) is 0.167. The third-order valence-corrected chi connectivity index (χ3v) is 13.4. The largest absolute Gasteiger partial charge is 0.310 e. The molecule has 0 fully saturated rings. The minimum absolute atomic E-state index is 1.15. The van der Waals surface area contributed by atoms with Gasteiger partial charge >= 0.3 is 0 Å². The molecule has 2 nitrogen and oxygen atoms in total. The van der Waals surface area contributed by atoms with Gasteiger partial charge < -0.3 is 9.80 Å². The zero-order valence-corrected chi connectivity index (χ0v) is 32.7. The number of aryl methyl sites for hydroxylation is 2. The van der Waals surface area contributed by atoms with Crippen LogP contribution < -0.4 is 9.80 Å². The number of thiophene rings is 2. The van der Waals surface area contributed by atoms with Crippen LogP contribution in [0, 0.1) is 13.8 Å². The Morgan fingerprint density at radius 2 is 0.732 bits per heavy atom. The van der Waals surface area contributed by atoms with E-state index >= 15 is 0 Å². The van der Waals surface area contributed by atoms with E-state index in [9.17, 15) is 0 Å². The average molecular weight is 753 g/mol. The highest BCUT2D eigenvalue weighted by atomic mass is 32.1. The first-order valence-electron chi connectivity index (χ1n) is 19.1. The molecule has 9 aromatic carbocycles. The van der Waals surface area contributed by atoms with E-state index in [1.165, 1.54) is 84.4 Å². The Labute approximate surface area is 333 Å². The molecule has 11 rings (SSSR count). The van der Waals surface area contributed by atoms with Gasteiger partial charge in [-0.3, -0.25) is 0 Å². The van der Waals surface area contributed by atoms with E-state index in [-0.39, 0.29) is 0 Å². The van der Waals surface area contributed by atoms with Crippen LogP contribution in [0.4, 0.5) is 34.1 Å². The molecule has 0 unspecified atom stereocenters. The number of fused-ring (bicyclic) bond motifs is 9. The smallest absolute Gasteiger partial charge is 0.0490 e. The van der Waals surface area contributed by atoms with E-state index in [1.54, 1.807) is 0 Å². The minimum Gasteiger partial charge on any atom is -0.310 e. The predicted molar refractivity (Wildman–Crippen MR) is 246 cm³/mol. The predicted octanol–water partition coefficient (Wildman–Crippen LogP) is 16.3. The Morgan fingerprint density at radius 3 is 1.16 bits per heavy atom. The molecule has 4 heteroatoms. The van der Waals surface area contributed by atoms with Crippen LogP contribution in [0.1, 0.15) is 11.1 Å². The number of nitrogens with zero attached hydrogens (tertiary/aromatic N) is 2. The zero-order valence-electron chi connectivity index (χ0n) is 31.0. The summed E-state index contributed by atoms with van der Waals surface area (Å²) in [5, 5.41) is 10.4. The molecule has 0 amide bonds. The molecule has 0 saturated carbocycles. The Kier molecular flexibility index (Phi) is 7.70. The average Bonchev–Trinajstić information content (AvgIpc) is 3.78. The van der Waals surface area contributed by atoms with Gasteiger partial charge in [0.15, 0.2) is 0 Å². The molecule has 0 aliphatic heterocycles. The van der Waals surface area contributed by atoms with E-state index in [2.05, 4.69) is 206 Å². The maximum atomic E-state index is 2.42. The molecule has 0 saturated heterocycles. The molecule has 266 valence electrons. The monoisotopic (exact) mass is 752 g/mol. The van der Waals surface area contributed by atoms with Gasteiger partial charge in [0.25, 0.3) is 0 Å². The van der Waals surface area contributed by atoms with Crippen molar-refractivity contribution in [3.8, 4) is 0 Å². The molecular weight excluding hydrogens is 717 g/mol. The van der Waals surface area contributed by atoms with Gasteiger partial charge in [-0.05, 0) is 144 Å². The van der Waals surface area contributed by atoms with E-state index < -0.39 is 0 Å². The molecule has 0 radical (unpaired) electrons. The highest BCUT2D eigenvalue weighted by Crippen LogP contribution is 2.47. The van der Waals surface area contributed by atoms with Crippen molar-refractivity contribution in [2.24, 2.45) is 0 Å². The minimum atomic E-state index is 1.15. The van der Waals surface area contributed by atoms with Crippen LogP contribution in [-0.4, -0.2) is 0 Å². The van der Waals surface area contributed by atoms with Crippen LogP contribution in [0.15, 0.2) is 182 Å². The van der Waals surface area contributed by atoms with Crippen LogP contribution in [0.25, 0.3) is 61.9 Å². The second-order valence-electron chi connectivity index (χ2n) is 14.7. The Morgan fingerprint density at radius 1 is 0.321 bits per heavy atom. The molecular formula is C52H36N2S2. The Balaban J connectivity index is 1.06. The topological polar surface area (TPSA) is 6.48 Å². The summed E-state index contributed by atoms with van der Waals surface area (Å²) in [7, 11) is 0. The lowest BCUT2D eigenvalue weighted by Gasteiger charge is -2.27. The van der Waals surface area contributed by atoms with Gasteiger partial charge in [-0.25, -0.2) is 0 Å². The lowest BCUT2D eigenvalue weighted by molar-refractivity contribution is 1.25. The number of para-hydroxylation sites is 4. The lowest BCUT2D eigenvalue weighted by atomic mass is 10.00. The maximum Gasteiger partial charge on any atom is 0.0490 e. The SMILES string of the molecule is Cc1ccccc1N(c1ccccc1)c1ccc2cc3c(cc2c1)sc1ccc2sc4cc5cc(N(c6ccccc6)c6ccccc6C)ccc5cc4c2c13. The molecule has 2 aromatic heterocycles. The number of rotatable bonds is 6. The maximum absolute atomic E-state index is 2.42. The number of benzene rings is 9. The summed E-state index contributed by atoms with van der Waals surface area (Å²) in [5.41, 5.74) is 9.49. The molecule has 0 bridgehead atoms. The van der Waals surface area contributed by atoms with Crippen LogP contribution >= 0.6 is 22.7 Å². The van der Waals surface area contributed by atoms with Crippen molar-refractivity contribution >= 4 is 119 Å². The molecule has 0 aliphatic carbocycles. The Bertz CT molecular complexity index is 3070. The van der Waals surface area contributed by atoms with Gasteiger partial charge in [-0.15, -0.1) is 22.7 Å². The summed E-state index contributed by atoms with van der Waals surface area (Å²) in [5.74, 6) is 0. The van der Waals surface area contributed by atoms with E-state index in [0.717, 1.165) is 22.7 Å². The first-order valence-corrected chi connectivity index (χ1v) is 20.7. The summed E-state index contributed by atoms with van der Waals surface area (Å²) in [6, 6.07) is 66.8. The highest BCUT2D eigenvalue weighted by Gasteiger charge is 2.19. The molecule has 0 spiro atoms. The first kappa shape index (κ1) is 32.9. The van der Waals surface area contributed by atoms with Gasteiger partial charge in [0.2, 0.25) is 0 Å². The molecule has 56 heavy (non-hydrogen) atoms.